The molecule has 26 heavy (non-hydrogen) atoms. The van der Waals surface area contributed by atoms with Crippen LogP contribution in [0.15, 0.2) is 24.3 Å². The molecule has 1 aromatic carbocycles. The molecule has 4 N–H and O–H groups in total. The lowest BCUT2D eigenvalue weighted by Gasteiger charge is -2.35. The Kier molecular flexibility index (Phi) is 12.2. The molecule has 1 saturated heterocycles. The normalized spacial score (nSPS) is 15.2. The lowest BCUT2D eigenvalue weighted by Crippen LogP contribution is -2.46. The molecule has 0 bridgehead atoms. The molecule has 1 atom stereocenters. The average molecular weight is 407 g/mol. The van der Waals surface area contributed by atoms with Gasteiger partial charge in [0, 0.05) is 19.6 Å². The van der Waals surface area contributed by atoms with Crippen LogP contribution in [0.1, 0.15) is 17.2 Å². The van der Waals surface area contributed by atoms with Crippen molar-refractivity contribution in [1.29, 1.82) is 0 Å². The van der Waals surface area contributed by atoms with E-state index in [9.17, 15) is 9.59 Å². The van der Waals surface area contributed by atoms with Gasteiger partial charge in [0.05, 0.1) is 32.3 Å². The van der Waals surface area contributed by atoms with E-state index in [-0.39, 0.29) is 55.8 Å². The van der Waals surface area contributed by atoms with Crippen molar-refractivity contribution >= 4 is 36.6 Å². The summed E-state index contributed by atoms with van der Waals surface area (Å²) in [6, 6.07) is 8.43. The number of benzene rings is 1. The third-order valence-corrected chi connectivity index (χ3v) is 4.07. The van der Waals surface area contributed by atoms with Crippen LogP contribution >= 0.6 is 24.8 Å². The van der Waals surface area contributed by atoms with Gasteiger partial charge in [-0.3, -0.25) is 14.5 Å². The summed E-state index contributed by atoms with van der Waals surface area (Å²) in [5, 5.41) is 5.37. The molecule has 0 radical (unpaired) electrons. The number of hydrogen-bond donors (Lipinski definition) is 3. The summed E-state index contributed by atoms with van der Waals surface area (Å²) in [6.07, 6.45) is 0. The number of aryl methyl sites for hydroxylation is 1. The molecule has 1 heterocycles. The molecule has 2 amide bonds. The van der Waals surface area contributed by atoms with E-state index < -0.39 is 0 Å². The van der Waals surface area contributed by atoms with E-state index in [2.05, 4.69) is 46.7 Å². The number of amides is 2. The summed E-state index contributed by atoms with van der Waals surface area (Å²) >= 11 is 0. The molecule has 1 aliphatic rings. The number of halogens is 2. The first-order valence-corrected chi connectivity index (χ1v) is 8.22. The second-order valence-corrected chi connectivity index (χ2v) is 5.86. The summed E-state index contributed by atoms with van der Waals surface area (Å²) in [7, 11) is 0. The summed E-state index contributed by atoms with van der Waals surface area (Å²) in [6.45, 7) is 5.42. The van der Waals surface area contributed by atoms with Gasteiger partial charge in [0.25, 0.3) is 0 Å². The minimum absolute atomic E-state index is 0. The Hall–Kier alpha value is -1.38. The predicted molar refractivity (Wildman–Crippen MR) is 106 cm³/mol. The first kappa shape index (κ1) is 24.6. The molecule has 7 nitrogen and oxygen atoms in total. The molecular formula is C17H28Cl2N4O3. The van der Waals surface area contributed by atoms with E-state index in [1.165, 1.54) is 5.56 Å². The zero-order chi connectivity index (χ0) is 17.4. The molecule has 1 aromatic rings. The number of carbonyl (C=O) groups excluding carboxylic acids is 2. The van der Waals surface area contributed by atoms with Crippen LogP contribution in [0.25, 0.3) is 0 Å². The van der Waals surface area contributed by atoms with Crippen molar-refractivity contribution in [3.8, 4) is 0 Å². The standard InChI is InChI=1S/C17H26N4O3.2ClH/c1-13-2-4-14(5-3-13)15(21-6-8-24-9-7-21)11-19-17(23)12-20-16(22)10-18;;/h2-5,15H,6-12,18H2,1H3,(H,19,23)(H,20,22);2*1H. The van der Waals surface area contributed by atoms with Crippen molar-refractivity contribution in [1.82, 2.24) is 15.5 Å². The van der Waals surface area contributed by atoms with Gasteiger partial charge in [0.1, 0.15) is 0 Å². The second kappa shape index (κ2) is 12.9. The van der Waals surface area contributed by atoms with Crippen LogP contribution in [0.4, 0.5) is 0 Å². The molecule has 1 fully saturated rings. The van der Waals surface area contributed by atoms with Crippen molar-refractivity contribution in [2.45, 2.75) is 13.0 Å². The van der Waals surface area contributed by atoms with Crippen LogP contribution in [0.5, 0.6) is 0 Å². The van der Waals surface area contributed by atoms with Crippen molar-refractivity contribution in [3.63, 3.8) is 0 Å². The van der Waals surface area contributed by atoms with E-state index in [0.29, 0.717) is 19.8 Å². The molecule has 2 rings (SSSR count). The highest BCUT2D eigenvalue weighted by Gasteiger charge is 2.23. The maximum atomic E-state index is 11.9. The number of rotatable bonds is 7. The SMILES string of the molecule is Cc1ccc(C(CNC(=O)CNC(=O)CN)N2CCOCC2)cc1.Cl.Cl. The minimum Gasteiger partial charge on any atom is -0.379 e. The molecule has 9 heteroatoms. The monoisotopic (exact) mass is 406 g/mol. The Labute approximate surface area is 166 Å². The summed E-state index contributed by atoms with van der Waals surface area (Å²) in [5.41, 5.74) is 7.57. The van der Waals surface area contributed by atoms with Gasteiger partial charge in [-0.25, -0.2) is 0 Å². The minimum atomic E-state index is -0.339. The lowest BCUT2D eigenvalue weighted by molar-refractivity contribution is -0.125. The smallest absolute Gasteiger partial charge is 0.239 e. The Balaban J connectivity index is 0.00000312. The highest BCUT2D eigenvalue weighted by atomic mass is 35.5. The first-order valence-electron chi connectivity index (χ1n) is 8.22. The quantitative estimate of drug-likeness (QED) is 0.608. The van der Waals surface area contributed by atoms with E-state index in [4.69, 9.17) is 10.5 Å². The van der Waals surface area contributed by atoms with Gasteiger partial charge in [-0.2, -0.15) is 0 Å². The van der Waals surface area contributed by atoms with Crippen LogP contribution in [-0.4, -0.2) is 62.7 Å². The molecule has 0 aromatic heterocycles. The van der Waals surface area contributed by atoms with Crippen LogP contribution in [0, 0.1) is 6.92 Å². The average Bonchev–Trinajstić information content (AvgIpc) is 2.62. The fraction of sp³-hybridized carbons (Fsp3) is 0.529. The zero-order valence-corrected chi connectivity index (χ0v) is 16.5. The third-order valence-electron chi connectivity index (χ3n) is 4.07. The van der Waals surface area contributed by atoms with Gasteiger partial charge >= 0.3 is 0 Å². The van der Waals surface area contributed by atoms with Crippen molar-refractivity contribution in [2.75, 3.05) is 45.9 Å². The Bertz CT molecular complexity index is 551. The van der Waals surface area contributed by atoms with Crippen LogP contribution in [0.2, 0.25) is 0 Å². The van der Waals surface area contributed by atoms with E-state index in [1.807, 2.05) is 0 Å². The molecular weight excluding hydrogens is 379 g/mol. The molecule has 0 spiro atoms. The van der Waals surface area contributed by atoms with Crippen LogP contribution in [0.3, 0.4) is 0 Å². The number of morpholine rings is 1. The van der Waals surface area contributed by atoms with Gasteiger partial charge in [-0.05, 0) is 12.5 Å². The molecule has 0 saturated carbocycles. The van der Waals surface area contributed by atoms with Crippen molar-refractivity contribution in [3.05, 3.63) is 35.4 Å². The van der Waals surface area contributed by atoms with E-state index >= 15 is 0 Å². The Morgan fingerprint density at radius 3 is 2.31 bits per heavy atom. The summed E-state index contributed by atoms with van der Waals surface area (Å²) in [4.78, 5) is 25.4. The largest absolute Gasteiger partial charge is 0.379 e. The molecule has 148 valence electrons. The number of nitrogens with zero attached hydrogens (tertiary/aromatic N) is 1. The van der Waals surface area contributed by atoms with Gasteiger partial charge < -0.3 is 21.1 Å². The fourth-order valence-corrected chi connectivity index (χ4v) is 2.66. The number of ether oxygens (including phenoxy) is 1. The third kappa shape index (κ3) is 7.88. The van der Waals surface area contributed by atoms with Gasteiger partial charge in [0.15, 0.2) is 0 Å². The Morgan fingerprint density at radius 2 is 1.73 bits per heavy atom. The number of carbonyl (C=O) groups is 2. The maximum absolute atomic E-state index is 11.9. The van der Waals surface area contributed by atoms with Crippen LogP contribution < -0.4 is 16.4 Å². The van der Waals surface area contributed by atoms with Gasteiger partial charge in [-0.15, -0.1) is 24.8 Å². The molecule has 1 unspecified atom stereocenters. The maximum Gasteiger partial charge on any atom is 0.239 e. The summed E-state index contributed by atoms with van der Waals surface area (Å²) < 4.78 is 5.42. The highest BCUT2D eigenvalue weighted by molar-refractivity contribution is 5.86. The number of nitrogens with two attached hydrogens (primary N) is 1. The molecule has 1 aliphatic heterocycles. The Morgan fingerprint density at radius 1 is 1.12 bits per heavy atom. The fourth-order valence-electron chi connectivity index (χ4n) is 2.66. The first-order chi connectivity index (χ1) is 11.6. The van der Waals surface area contributed by atoms with Crippen molar-refractivity contribution in [2.24, 2.45) is 5.73 Å². The van der Waals surface area contributed by atoms with E-state index in [1.54, 1.807) is 0 Å². The highest BCUT2D eigenvalue weighted by Crippen LogP contribution is 2.21. The topological polar surface area (TPSA) is 96.7 Å². The zero-order valence-electron chi connectivity index (χ0n) is 14.9. The van der Waals surface area contributed by atoms with Gasteiger partial charge in [0.2, 0.25) is 11.8 Å². The van der Waals surface area contributed by atoms with E-state index in [0.717, 1.165) is 18.7 Å². The van der Waals surface area contributed by atoms with Gasteiger partial charge in [-0.1, -0.05) is 29.8 Å². The number of nitrogens with one attached hydrogen (secondary N) is 2. The predicted octanol–water partition coefficient (Wildman–Crippen LogP) is 0.403. The van der Waals surface area contributed by atoms with Crippen molar-refractivity contribution < 1.29 is 14.3 Å². The molecule has 0 aliphatic carbocycles. The second-order valence-electron chi connectivity index (χ2n) is 5.86. The lowest BCUT2D eigenvalue weighted by atomic mass is 10.0. The van der Waals surface area contributed by atoms with Crippen LogP contribution in [-0.2, 0) is 14.3 Å². The number of hydrogen-bond acceptors (Lipinski definition) is 5. The summed E-state index contributed by atoms with van der Waals surface area (Å²) in [5.74, 6) is -0.560.